The Hall–Kier alpha value is -3.34. The quantitative estimate of drug-likeness (QED) is 0.826. The number of hydrogen-bond donors (Lipinski definition) is 0. The Morgan fingerprint density at radius 1 is 1.31 bits per heavy atom. The van der Waals surface area contributed by atoms with E-state index >= 15 is 0 Å². The monoisotopic (exact) mass is 356 g/mol. The van der Waals surface area contributed by atoms with Crippen LogP contribution in [0, 0.1) is 23.0 Å². The van der Waals surface area contributed by atoms with Gasteiger partial charge in [0.1, 0.15) is 12.4 Å². The van der Waals surface area contributed by atoms with E-state index in [4.69, 9.17) is 5.26 Å². The van der Waals surface area contributed by atoms with E-state index in [2.05, 4.69) is 4.98 Å². The SMILES string of the molecule is C[C@H]1CN(c2ccc(C#N)cc2)C(=O)CN1C(=O)c1ncc(F)cc1F. The van der Waals surface area contributed by atoms with Gasteiger partial charge >= 0.3 is 0 Å². The molecule has 8 heteroatoms. The summed E-state index contributed by atoms with van der Waals surface area (Å²) in [6.07, 6.45) is 0.760. The van der Waals surface area contributed by atoms with E-state index in [1.807, 2.05) is 6.07 Å². The second-order valence-electron chi connectivity index (χ2n) is 5.93. The number of benzene rings is 1. The first-order valence-corrected chi connectivity index (χ1v) is 7.83. The number of carbonyl (C=O) groups is 2. The van der Waals surface area contributed by atoms with Crippen LogP contribution < -0.4 is 4.90 Å². The minimum Gasteiger partial charge on any atom is -0.323 e. The first kappa shape index (κ1) is 17.5. The number of pyridine rings is 1. The molecule has 0 aliphatic carbocycles. The maximum absolute atomic E-state index is 13.8. The third-order valence-electron chi connectivity index (χ3n) is 4.16. The number of nitriles is 1. The van der Waals surface area contributed by atoms with Crippen molar-refractivity contribution in [2.45, 2.75) is 13.0 Å². The van der Waals surface area contributed by atoms with Crippen LogP contribution in [0.15, 0.2) is 36.5 Å². The molecule has 0 saturated carbocycles. The molecule has 3 rings (SSSR count). The van der Waals surface area contributed by atoms with Crippen molar-refractivity contribution in [2.75, 3.05) is 18.0 Å². The summed E-state index contributed by atoms with van der Waals surface area (Å²) in [5.74, 6) is -3.05. The molecule has 0 N–H and O–H groups in total. The molecule has 1 aliphatic rings. The zero-order chi connectivity index (χ0) is 18.8. The molecule has 0 unspecified atom stereocenters. The predicted molar refractivity (Wildman–Crippen MR) is 88.2 cm³/mol. The standard InChI is InChI=1S/C18H14F2N4O2/c1-11-9-24(14-4-2-12(7-21)3-5-14)16(25)10-23(11)18(26)17-15(20)6-13(19)8-22-17/h2-6,8,11H,9-10H2,1H3/t11-/m0/s1. The van der Waals surface area contributed by atoms with Crippen LogP contribution in [0.25, 0.3) is 0 Å². The van der Waals surface area contributed by atoms with Crippen LogP contribution in [0.3, 0.4) is 0 Å². The van der Waals surface area contributed by atoms with Crippen molar-refractivity contribution in [3.8, 4) is 6.07 Å². The third kappa shape index (κ3) is 3.24. The lowest BCUT2D eigenvalue weighted by Gasteiger charge is -2.39. The van der Waals surface area contributed by atoms with Gasteiger partial charge in [0.2, 0.25) is 5.91 Å². The first-order valence-electron chi connectivity index (χ1n) is 7.83. The topological polar surface area (TPSA) is 77.3 Å². The highest BCUT2D eigenvalue weighted by Gasteiger charge is 2.35. The zero-order valence-corrected chi connectivity index (χ0v) is 13.8. The van der Waals surface area contributed by atoms with Crippen LogP contribution in [0.4, 0.5) is 14.5 Å². The van der Waals surface area contributed by atoms with Gasteiger partial charge in [-0.3, -0.25) is 9.59 Å². The second kappa shape index (κ2) is 6.88. The molecule has 2 amide bonds. The number of halogens is 2. The number of anilines is 1. The van der Waals surface area contributed by atoms with Crippen molar-refractivity contribution in [3.63, 3.8) is 0 Å². The number of rotatable bonds is 2. The second-order valence-corrected chi connectivity index (χ2v) is 5.93. The van der Waals surface area contributed by atoms with E-state index in [-0.39, 0.29) is 19.0 Å². The first-order chi connectivity index (χ1) is 12.4. The van der Waals surface area contributed by atoms with Gasteiger partial charge in [-0.1, -0.05) is 0 Å². The molecule has 132 valence electrons. The molecule has 1 aromatic heterocycles. The number of carbonyl (C=O) groups excluding carboxylic acids is 2. The van der Waals surface area contributed by atoms with Crippen LogP contribution in [-0.2, 0) is 4.79 Å². The van der Waals surface area contributed by atoms with E-state index in [1.165, 1.54) is 9.80 Å². The van der Waals surface area contributed by atoms with Crippen LogP contribution >= 0.6 is 0 Å². The summed E-state index contributed by atoms with van der Waals surface area (Å²) in [5.41, 5.74) is 0.567. The highest BCUT2D eigenvalue weighted by Crippen LogP contribution is 2.22. The predicted octanol–water partition coefficient (Wildman–Crippen LogP) is 2.11. The lowest BCUT2D eigenvalue weighted by atomic mass is 10.1. The molecule has 1 atom stereocenters. The van der Waals surface area contributed by atoms with E-state index in [0.29, 0.717) is 17.3 Å². The lowest BCUT2D eigenvalue weighted by molar-refractivity contribution is -0.121. The van der Waals surface area contributed by atoms with Gasteiger partial charge in [-0.2, -0.15) is 5.26 Å². The summed E-state index contributed by atoms with van der Waals surface area (Å²) < 4.78 is 26.8. The zero-order valence-electron chi connectivity index (χ0n) is 13.8. The maximum atomic E-state index is 13.8. The molecular formula is C18H14F2N4O2. The Morgan fingerprint density at radius 2 is 2.00 bits per heavy atom. The largest absolute Gasteiger partial charge is 0.323 e. The van der Waals surface area contributed by atoms with E-state index in [9.17, 15) is 18.4 Å². The summed E-state index contributed by atoms with van der Waals surface area (Å²) in [6.45, 7) is 1.68. The van der Waals surface area contributed by atoms with Crippen LogP contribution in [0.2, 0.25) is 0 Å². The normalized spacial score (nSPS) is 17.2. The molecule has 2 heterocycles. The molecule has 2 aromatic rings. The van der Waals surface area contributed by atoms with Gasteiger partial charge < -0.3 is 9.80 Å². The van der Waals surface area contributed by atoms with Gasteiger partial charge in [0.05, 0.1) is 17.8 Å². The van der Waals surface area contributed by atoms with Gasteiger partial charge in [-0.15, -0.1) is 0 Å². The van der Waals surface area contributed by atoms with Crippen molar-refractivity contribution < 1.29 is 18.4 Å². The number of nitrogens with zero attached hydrogens (tertiary/aromatic N) is 4. The number of hydrogen-bond acceptors (Lipinski definition) is 4. The van der Waals surface area contributed by atoms with Crippen molar-refractivity contribution in [1.29, 1.82) is 5.26 Å². The van der Waals surface area contributed by atoms with Crippen molar-refractivity contribution in [2.24, 2.45) is 0 Å². The average Bonchev–Trinajstić information content (AvgIpc) is 2.63. The molecule has 0 bridgehead atoms. The Morgan fingerprint density at radius 3 is 2.62 bits per heavy atom. The molecule has 6 nitrogen and oxygen atoms in total. The Balaban J connectivity index is 1.80. The van der Waals surface area contributed by atoms with E-state index < -0.39 is 29.3 Å². The number of amides is 2. The third-order valence-corrected chi connectivity index (χ3v) is 4.16. The van der Waals surface area contributed by atoms with Gasteiger partial charge in [-0.05, 0) is 31.2 Å². The molecule has 1 aromatic carbocycles. The Labute approximate surface area is 148 Å². The number of aromatic nitrogens is 1. The highest BCUT2D eigenvalue weighted by atomic mass is 19.1. The van der Waals surface area contributed by atoms with Crippen LogP contribution in [-0.4, -0.2) is 40.8 Å². The number of piperazine rings is 1. The smallest absolute Gasteiger partial charge is 0.276 e. The maximum Gasteiger partial charge on any atom is 0.276 e. The molecular weight excluding hydrogens is 342 g/mol. The Bertz CT molecular complexity index is 908. The average molecular weight is 356 g/mol. The van der Waals surface area contributed by atoms with Crippen molar-refractivity contribution >= 4 is 17.5 Å². The summed E-state index contributed by atoms with van der Waals surface area (Å²) >= 11 is 0. The van der Waals surface area contributed by atoms with Crippen molar-refractivity contribution in [1.82, 2.24) is 9.88 Å². The van der Waals surface area contributed by atoms with Crippen LogP contribution in [0.1, 0.15) is 23.0 Å². The molecule has 0 spiro atoms. The molecule has 1 aliphatic heterocycles. The van der Waals surface area contributed by atoms with Gasteiger partial charge in [0.15, 0.2) is 11.5 Å². The highest BCUT2D eigenvalue weighted by molar-refractivity contribution is 6.01. The fourth-order valence-electron chi connectivity index (χ4n) is 2.80. The summed E-state index contributed by atoms with van der Waals surface area (Å²) in [6, 6.07) is 8.69. The molecule has 26 heavy (non-hydrogen) atoms. The summed E-state index contributed by atoms with van der Waals surface area (Å²) in [4.78, 5) is 31.2. The van der Waals surface area contributed by atoms with E-state index in [0.717, 1.165) is 6.20 Å². The van der Waals surface area contributed by atoms with Crippen LogP contribution in [0.5, 0.6) is 0 Å². The van der Waals surface area contributed by atoms with Gasteiger partial charge in [-0.25, -0.2) is 13.8 Å². The molecule has 0 radical (unpaired) electrons. The molecule has 1 saturated heterocycles. The summed E-state index contributed by atoms with van der Waals surface area (Å²) in [5, 5.41) is 8.84. The molecule has 1 fully saturated rings. The fraction of sp³-hybridized carbons (Fsp3) is 0.222. The fourth-order valence-corrected chi connectivity index (χ4v) is 2.80. The summed E-state index contributed by atoms with van der Waals surface area (Å²) in [7, 11) is 0. The van der Waals surface area contributed by atoms with Crippen molar-refractivity contribution in [3.05, 3.63) is 59.4 Å². The lowest BCUT2D eigenvalue weighted by Crippen LogP contribution is -2.57. The van der Waals surface area contributed by atoms with Gasteiger partial charge in [0, 0.05) is 24.3 Å². The Kier molecular flexibility index (Phi) is 4.63. The van der Waals surface area contributed by atoms with Gasteiger partial charge in [0.25, 0.3) is 5.91 Å². The van der Waals surface area contributed by atoms with E-state index in [1.54, 1.807) is 31.2 Å². The minimum absolute atomic E-state index is 0.208. The minimum atomic E-state index is -1.07.